The lowest BCUT2D eigenvalue weighted by Gasteiger charge is -2.14. The molecule has 1 fully saturated rings. The van der Waals surface area contributed by atoms with Gasteiger partial charge in [-0.1, -0.05) is 0 Å². The van der Waals surface area contributed by atoms with Crippen LogP contribution in [-0.4, -0.2) is 42.1 Å². The zero-order chi connectivity index (χ0) is 18.6. The number of carbonyl (C=O) groups excluding carboxylic acids is 3. The molecule has 0 radical (unpaired) electrons. The molecule has 3 amide bonds. The van der Waals surface area contributed by atoms with Gasteiger partial charge in [-0.25, -0.2) is 9.59 Å². The maximum Gasteiger partial charge on any atom is 0.342 e. The zero-order valence-electron chi connectivity index (χ0n) is 13.6. The Hall–Kier alpha value is -3.17. The fraction of sp³-hybridized carbons (Fsp3) is 0.400. The van der Waals surface area contributed by atoms with Gasteiger partial charge in [0.1, 0.15) is 11.3 Å². The predicted molar refractivity (Wildman–Crippen MR) is 84.2 cm³/mol. The lowest BCUT2D eigenvalue weighted by Crippen LogP contribution is -2.45. The van der Waals surface area contributed by atoms with Gasteiger partial charge in [-0.15, -0.1) is 0 Å². The Kier molecular flexibility index (Phi) is 5.52. The number of nitrogens with one attached hydrogen (secondary N) is 2. The van der Waals surface area contributed by atoms with Gasteiger partial charge in [0.2, 0.25) is 0 Å². The second-order valence-corrected chi connectivity index (χ2v) is 5.43. The van der Waals surface area contributed by atoms with E-state index in [2.05, 4.69) is 10.6 Å². The lowest BCUT2D eigenvalue weighted by molar-refractivity contribution is -0.384. The number of nitro benzene ring substituents is 1. The predicted octanol–water partition coefficient (Wildman–Crippen LogP) is 1.14. The molecule has 25 heavy (non-hydrogen) atoms. The average molecular weight is 351 g/mol. The van der Waals surface area contributed by atoms with Gasteiger partial charge in [0.15, 0.2) is 6.10 Å². The van der Waals surface area contributed by atoms with E-state index in [0.717, 1.165) is 18.9 Å². The maximum atomic E-state index is 12.2. The molecule has 2 rings (SSSR count). The third-order valence-corrected chi connectivity index (χ3v) is 3.42. The normalized spacial score (nSPS) is 14.2. The molecule has 10 nitrogen and oxygen atoms in total. The number of nitrogens with zero attached hydrogens (tertiary/aromatic N) is 1. The first-order chi connectivity index (χ1) is 11.8. The molecule has 0 saturated heterocycles. The van der Waals surface area contributed by atoms with E-state index in [1.165, 1.54) is 26.2 Å². The van der Waals surface area contributed by atoms with Crippen molar-refractivity contribution in [2.45, 2.75) is 31.9 Å². The van der Waals surface area contributed by atoms with Crippen molar-refractivity contribution in [3.8, 4) is 5.75 Å². The zero-order valence-corrected chi connectivity index (χ0v) is 13.6. The van der Waals surface area contributed by atoms with Crippen molar-refractivity contribution < 1.29 is 28.8 Å². The topological polar surface area (TPSA) is 137 Å². The summed E-state index contributed by atoms with van der Waals surface area (Å²) in [5.41, 5.74) is -0.521. The first kappa shape index (κ1) is 18.2. The Bertz CT molecular complexity index is 715. The van der Waals surface area contributed by atoms with Gasteiger partial charge in [0.05, 0.1) is 12.0 Å². The summed E-state index contributed by atoms with van der Waals surface area (Å²) in [7, 11) is 1.29. The number of nitro groups is 1. The molecule has 1 aromatic rings. The van der Waals surface area contributed by atoms with Crippen LogP contribution in [0.4, 0.5) is 10.5 Å². The van der Waals surface area contributed by atoms with E-state index in [1.54, 1.807) is 0 Å². The van der Waals surface area contributed by atoms with Crippen LogP contribution < -0.4 is 15.4 Å². The molecular formula is C15H17N3O7. The van der Waals surface area contributed by atoms with Crippen molar-refractivity contribution >= 4 is 23.6 Å². The Labute approximate surface area is 142 Å². The number of carbonyl (C=O) groups is 3. The number of non-ortho nitro benzene ring substituents is 1. The summed E-state index contributed by atoms with van der Waals surface area (Å²) >= 11 is 0. The van der Waals surface area contributed by atoms with Gasteiger partial charge in [-0.2, -0.15) is 0 Å². The molecule has 10 heteroatoms. The van der Waals surface area contributed by atoms with Crippen LogP contribution in [0.5, 0.6) is 5.75 Å². The third-order valence-electron chi connectivity index (χ3n) is 3.42. The Morgan fingerprint density at radius 1 is 1.32 bits per heavy atom. The highest BCUT2D eigenvalue weighted by atomic mass is 16.6. The van der Waals surface area contributed by atoms with Gasteiger partial charge >= 0.3 is 12.0 Å². The number of hydrogen-bond acceptors (Lipinski definition) is 7. The van der Waals surface area contributed by atoms with Crippen molar-refractivity contribution in [3.05, 3.63) is 33.9 Å². The van der Waals surface area contributed by atoms with E-state index in [9.17, 15) is 24.5 Å². The van der Waals surface area contributed by atoms with Crippen molar-refractivity contribution in [2.75, 3.05) is 7.11 Å². The Balaban J connectivity index is 2.02. The minimum atomic E-state index is -1.28. The average Bonchev–Trinajstić information content (AvgIpc) is 3.37. The first-order valence-corrected chi connectivity index (χ1v) is 7.46. The van der Waals surface area contributed by atoms with Crippen LogP contribution in [0.25, 0.3) is 0 Å². The summed E-state index contributed by atoms with van der Waals surface area (Å²) < 4.78 is 9.93. The maximum absolute atomic E-state index is 12.2. The van der Waals surface area contributed by atoms with Gasteiger partial charge in [0, 0.05) is 18.2 Å². The van der Waals surface area contributed by atoms with Crippen LogP contribution in [0.3, 0.4) is 0 Å². The number of methoxy groups -OCH3 is 1. The van der Waals surface area contributed by atoms with Crippen molar-refractivity contribution in [2.24, 2.45) is 0 Å². The third kappa shape index (κ3) is 4.90. The highest BCUT2D eigenvalue weighted by Gasteiger charge is 2.27. The molecule has 0 spiro atoms. The Morgan fingerprint density at radius 3 is 2.56 bits per heavy atom. The van der Waals surface area contributed by atoms with E-state index in [0.29, 0.717) is 0 Å². The van der Waals surface area contributed by atoms with Crippen LogP contribution in [0.1, 0.15) is 30.1 Å². The van der Waals surface area contributed by atoms with Crippen LogP contribution >= 0.6 is 0 Å². The van der Waals surface area contributed by atoms with E-state index in [4.69, 9.17) is 9.47 Å². The van der Waals surface area contributed by atoms with Gasteiger partial charge in [-0.3, -0.25) is 20.2 Å². The molecule has 2 N–H and O–H groups in total. The highest BCUT2D eigenvalue weighted by molar-refractivity contribution is 5.99. The molecule has 1 unspecified atom stereocenters. The summed E-state index contributed by atoms with van der Waals surface area (Å²) in [6.07, 6.45) is 0.443. The lowest BCUT2D eigenvalue weighted by atomic mass is 10.1. The fourth-order valence-electron chi connectivity index (χ4n) is 1.91. The standard InChI is InChI=1S/C15H17N3O7/c1-8(13(19)17-15(21)16-9-3-4-9)25-14(20)11-7-10(18(22)23)5-6-12(11)24-2/h5-9H,3-4H2,1-2H3,(H2,16,17,19,21). The molecular weight excluding hydrogens is 334 g/mol. The highest BCUT2D eigenvalue weighted by Crippen LogP contribution is 2.25. The number of imide groups is 1. The minimum Gasteiger partial charge on any atom is -0.496 e. The van der Waals surface area contributed by atoms with E-state index in [-0.39, 0.29) is 23.0 Å². The minimum absolute atomic E-state index is 0.0645. The van der Waals surface area contributed by atoms with Crippen LogP contribution in [0.15, 0.2) is 18.2 Å². The van der Waals surface area contributed by atoms with Crippen molar-refractivity contribution in [3.63, 3.8) is 0 Å². The molecule has 0 aromatic heterocycles. The SMILES string of the molecule is COc1ccc([N+](=O)[O-])cc1C(=O)OC(C)C(=O)NC(=O)NC1CC1. The monoisotopic (exact) mass is 351 g/mol. The van der Waals surface area contributed by atoms with Gasteiger partial charge < -0.3 is 14.8 Å². The molecule has 1 atom stereocenters. The van der Waals surface area contributed by atoms with Gasteiger partial charge in [0.25, 0.3) is 11.6 Å². The number of amides is 3. The van der Waals surface area contributed by atoms with Crippen LogP contribution in [0.2, 0.25) is 0 Å². The number of ether oxygens (including phenoxy) is 2. The van der Waals surface area contributed by atoms with E-state index in [1.807, 2.05) is 0 Å². The van der Waals surface area contributed by atoms with E-state index >= 15 is 0 Å². The number of esters is 1. The number of hydrogen-bond donors (Lipinski definition) is 2. The number of urea groups is 1. The number of rotatable bonds is 6. The molecule has 1 saturated carbocycles. The summed E-state index contributed by atoms with van der Waals surface area (Å²) in [5.74, 6) is -1.73. The largest absolute Gasteiger partial charge is 0.496 e. The summed E-state index contributed by atoms with van der Waals surface area (Å²) in [4.78, 5) is 45.7. The van der Waals surface area contributed by atoms with E-state index < -0.39 is 28.9 Å². The van der Waals surface area contributed by atoms with Crippen molar-refractivity contribution in [1.29, 1.82) is 0 Å². The number of benzene rings is 1. The summed E-state index contributed by atoms with van der Waals surface area (Å²) in [6.45, 7) is 1.28. The Morgan fingerprint density at radius 2 is 2.00 bits per heavy atom. The molecule has 1 aliphatic rings. The first-order valence-electron chi connectivity index (χ1n) is 7.46. The molecule has 134 valence electrons. The smallest absolute Gasteiger partial charge is 0.342 e. The quantitative estimate of drug-likeness (QED) is 0.445. The molecule has 0 aliphatic heterocycles. The molecule has 1 aromatic carbocycles. The summed E-state index contributed by atoms with van der Waals surface area (Å²) in [6, 6.07) is 2.82. The van der Waals surface area contributed by atoms with Crippen LogP contribution in [0, 0.1) is 10.1 Å². The molecule has 1 aliphatic carbocycles. The fourth-order valence-corrected chi connectivity index (χ4v) is 1.91. The van der Waals surface area contributed by atoms with Gasteiger partial charge in [-0.05, 0) is 25.8 Å². The molecule has 0 heterocycles. The second kappa shape index (κ2) is 7.60. The van der Waals surface area contributed by atoms with Crippen LogP contribution in [-0.2, 0) is 9.53 Å². The second-order valence-electron chi connectivity index (χ2n) is 5.43. The van der Waals surface area contributed by atoms with Crippen molar-refractivity contribution in [1.82, 2.24) is 10.6 Å². The summed E-state index contributed by atoms with van der Waals surface area (Å²) in [5, 5.41) is 15.4. The molecule has 0 bridgehead atoms.